The van der Waals surface area contributed by atoms with E-state index in [-0.39, 0.29) is 17.7 Å². The van der Waals surface area contributed by atoms with Crippen LogP contribution in [0.3, 0.4) is 0 Å². The van der Waals surface area contributed by atoms with Crippen LogP contribution in [0.1, 0.15) is 19.8 Å². The van der Waals surface area contributed by atoms with E-state index in [0.717, 1.165) is 0 Å². The molecule has 0 aliphatic carbocycles. The molecule has 1 unspecified atom stereocenters. The van der Waals surface area contributed by atoms with Crippen molar-refractivity contribution in [3.63, 3.8) is 0 Å². The zero-order chi connectivity index (χ0) is 13.5. The summed E-state index contributed by atoms with van der Waals surface area (Å²) >= 11 is 1.57. The molecule has 5 N–H and O–H groups in total. The summed E-state index contributed by atoms with van der Waals surface area (Å²) in [7, 11) is 0. The zero-order valence-electron chi connectivity index (χ0n) is 10.7. The molecule has 1 rings (SSSR count). The van der Waals surface area contributed by atoms with E-state index in [1.54, 1.807) is 11.8 Å². The van der Waals surface area contributed by atoms with Crippen LogP contribution >= 0.6 is 11.8 Å². The summed E-state index contributed by atoms with van der Waals surface area (Å²) in [6.07, 6.45) is 1.37. The molecule has 104 valence electrons. The molecule has 1 atom stereocenters. The van der Waals surface area contributed by atoms with Gasteiger partial charge in [0.1, 0.15) is 0 Å². The minimum Gasteiger partial charge on any atom is -0.342 e. The second kappa shape index (κ2) is 7.60. The van der Waals surface area contributed by atoms with E-state index in [9.17, 15) is 9.59 Å². The van der Waals surface area contributed by atoms with Crippen LogP contribution in [0, 0.1) is 5.92 Å². The number of hydrogen-bond acceptors (Lipinski definition) is 5. The number of nitrogens with one attached hydrogen (secondary N) is 1. The highest BCUT2D eigenvalue weighted by Crippen LogP contribution is 2.18. The molecule has 1 aliphatic heterocycles. The molecule has 6 nitrogen and oxygen atoms in total. The Kier molecular flexibility index (Phi) is 6.45. The molecule has 1 fully saturated rings. The summed E-state index contributed by atoms with van der Waals surface area (Å²) in [4.78, 5) is 25.1. The first-order valence-electron chi connectivity index (χ1n) is 6.18. The largest absolute Gasteiger partial charge is 0.342 e. The van der Waals surface area contributed by atoms with Crippen molar-refractivity contribution in [1.82, 2.24) is 10.3 Å². The van der Waals surface area contributed by atoms with Crippen molar-refractivity contribution in [3.05, 3.63) is 0 Å². The number of hydrazine groups is 1. The van der Waals surface area contributed by atoms with Crippen LogP contribution in [-0.2, 0) is 9.59 Å². The molecule has 0 aromatic carbocycles. The van der Waals surface area contributed by atoms with Crippen molar-refractivity contribution in [2.75, 3.05) is 25.4 Å². The second-order valence-electron chi connectivity index (χ2n) is 4.52. The smallest absolute Gasteiger partial charge is 0.237 e. The van der Waals surface area contributed by atoms with Crippen molar-refractivity contribution in [3.8, 4) is 0 Å². The van der Waals surface area contributed by atoms with E-state index in [2.05, 4.69) is 5.43 Å². The number of likely N-dealkylation sites (tertiary alicyclic amines) is 1. The Hall–Kier alpha value is -0.790. The Morgan fingerprint density at radius 2 is 2.06 bits per heavy atom. The maximum Gasteiger partial charge on any atom is 0.237 e. The van der Waals surface area contributed by atoms with Gasteiger partial charge in [-0.2, -0.15) is 0 Å². The molecule has 7 heteroatoms. The fourth-order valence-electron chi connectivity index (χ4n) is 1.88. The van der Waals surface area contributed by atoms with Crippen molar-refractivity contribution < 1.29 is 9.59 Å². The van der Waals surface area contributed by atoms with Gasteiger partial charge in [-0.25, -0.2) is 5.84 Å². The van der Waals surface area contributed by atoms with Gasteiger partial charge in [0, 0.05) is 30.8 Å². The van der Waals surface area contributed by atoms with Crippen molar-refractivity contribution in [2.24, 2.45) is 17.5 Å². The number of carbonyl (C=O) groups excluding carboxylic acids is 2. The molecule has 0 spiro atoms. The number of carbonyl (C=O) groups is 2. The number of piperidine rings is 1. The average Bonchev–Trinajstić information content (AvgIpc) is 2.43. The number of nitrogens with zero attached hydrogens (tertiary/aromatic N) is 1. The van der Waals surface area contributed by atoms with Gasteiger partial charge in [0.2, 0.25) is 11.8 Å². The quantitative estimate of drug-likeness (QED) is 0.349. The van der Waals surface area contributed by atoms with E-state index in [4.69, 9.17) is 11.6 Å². The zero-order valence-corrected chi connectivity index (χ0v) is 11.5. The minimum absolute atomic E-state index is 0.0605. The van der Waals surface area contributed by atoms with Crippen LogP contribution in [0.5, 0.6) is 0 Å². The molecule has 0 radical (unpaired) electrons. The van der Waals surface area contributed by atoms with Crippen molar-refractivity contribution in [2.45, 2.75) is 25.0 Å². The first kappa shape index (κ1) is 15.3. The van der Waals surface area contributed by atoms with E-state index in [1.807, 2.05) is 11.8 Å². The number of nitrogens with two attached hydrogens (primary N) is 2. The highest BCUT2D eigenvalue weighted by molar-refractivity contribution is 8.00. The molecule has 2 amide bonds. The lowest BCUT2D eigenvalue weighted by atomic mass is 9.96. The number of hydrogen-bond donors (Lipinski definition) is 3. The first-order chi connectivity index (χ1) is 8.58. The monoisotopic (exact) mass is 274 g/mol. The molecule has 0 aromatic heterocycles. The van der Waals surface area contributed by atoms with Gasteiger partial charge in [-0.1, -0.05) is 6.92 Å². The molecule has 0 saturated carbocycles. The third-order valence-corrected chi connectivity index (χ3v) is 4.36. The lowest BCUT2D eigenvalue weighted by Gasteiger charge is -2.31. The number of amides is 2. The fourth-order valence-corrected chi connectivity index (χ4v) is 2.63. The van der Waals surface area contributed by atoms with E-state index in [1.165, 1.54) is 0 Å². The molecule has 1 aliphatic rings. The third-order valence-electron chi connectivity index (χ3n) is 3.18. The number of thioether (sulfide) groups is 1. The maximum absolute atomic E-state index is 11.9. The van der Waals surface area contributed by atoms with Crippen LogP contribution in [0.4, 0.5) is 0 Å². The van der Waals surface area contributed by atoms with Crippen LogP contribution in [0.2, 0.25) is 0 Å². The molecule has 1 saturated heterocycles. The summed E-state index contributed by atoms with van der Waals surface area (Å²) in [5.41, 5.74) is 7.67. The lowest BCUT2D eigenvalue weighted by molar-refractivity contribution is -0.133. The second-order valence-corrected chi connectivity index (χ2v) is 5.95. The Labute approximate surface area is 112 Å². The summed E-state index contributed by atoms with van der Waals surface area (Å²) in [6.45, 7) is 3.86. The molecule has 0 aromatic rings. The van der Waals surface area contributed by atoms with Crippen LogP contribution in [-0.4, -0.2) is 47.4 Å². The van der Waals surface area contributed by atoms with Gasteiger partial charge in [-0.3, -0.25) is 15.0 Å². The average molecular weight is 274 g/mol. The predicted octanol–water partition coefficient (Wildman–Crippen LogP) is -0.705. The van der Waals surface area contributed by atoms with Gasteiger partial charge in [0.15, 0.2) is 0 Å². The van der Waals surface area contributed by atoms with Gasteiger partial charge < -0.3 is 10.6 Å². The lowest BCUT2D eigenvalue weighted by Crippen LogP contribution is -2.45. The molecule has 1 heterocycles. The Morgan fingerprint density at radius 3 is 2.56 bits per heavy atom. The van der Waals surface area contributed by atoms with Crippen molar-refractivity contribution >= 4 is 23.6 Å². The van der Waals surface area contributed by atoms with Crippen LogP contribution < -0.4 is 17.0 Å². The SMILES string of the molecule is CC(CN)SCC(=O)N1CCC(C(=O)NN)CC1. The molecular weight excluding hydrogens is 252 g/mol. The Morgan fingerprint density at radius 1 is 1.44 bits per heavy atom. The highest BCUT2D eigenvalue weighted by atomic mass is 32.2. The topological polar surface area (TPSA) is 101 Å². The summed E-state index contributed by atoms with van der Waals surface area (Å²) in [5.74, 6) is 5.50. The van der Waals surface area contributed by atoms with E-state index in [0.29, 0.717) is 43.5 Å². The Bertz CT molecular complexity index is 293. The highest BCUT2D eigenvalue weighted by Gasteiger charge is 2.26. The van der Waals surface area contributed by atoms with Gasteiger partial charge >= 0.3 is 0 Å². The molecule has 0 bridgehead atoms. The third kappa shape index (κ3) is 4.47. The van der Waals surface area contributed by atoms with Crippen LogP contribution in [0.25, 0.3) is 0 Å². The van der Waals surface area contributed by atoms with Gasteiger partial charge in [-0.05, 0) is 12.8 Å². The van der Waals surface area contributed by atoms with Crippen LogP contribution in [0.15, 0.2) is 0 Å². The number of rotatable bonds is 5. The van der Waals surface area contributed by atoms with Crippen molar-refractivity contribution in [1.29, 1.82) is 0 Å². The fraction of sp³-hybridized carbons (Fsp3) is 0.818. The van der Waals surface area contributed by atoms with Gasteiger partial charge in [0.25, 0.3) is 0 Å². The minimum atomic E-state index is -0.131. The van der Waals surface area contributed by atoms with Gasteiger partial charge in [0.05, 0.1) is 5.75 Å². The predicted molar refractivity (Wildman–Crippen MR) is 72.6 cm³/mol. The normalized spacial score (nSPS) is 18.5. The van der Waals surface area contributed by atoms with E-state index < -0.39 is 0 Å². The van der Waals surface area contributed by atoms with Gasteiger partial charge in [-0.15, -0.1) is 11.8 Å². The van der Waals surface area contributed by atoms with E-state index >= 15 is 0 Å². The summed E-state index contributed by atoms with van der Waals surface area (Å²) < 4.78 is 0. The maximum atomic E-state index is 11.9. The first-order valence-corrected chi connectivity index (χ1v) is 7.23. The Balaban J connectivity index is 2.29. The summed E-state index contributed by atoms with van der Waals surface area (Å²) in [6, 6.07) is 0. The molecular formula is C11H22N4O2S. The molecule has 18 heavy (non-hydrogen) atoms. The summed E-state index contributed by atoms with van der Waals surface area (Å²) in [5, 5.41) is 0.300. The standard InChI is InChI=1S/C11H22N4O2S/c1-8(6-12)18-7-10(16)15-4-2-9(3-5-15)11(17)14-13/h8-9H,2-7,12-13H2,1H3,(H,14,17).